The molecule has 148 valence electrons. The summed E-state index contributed by atoms with van der Waals surface area (Å²) in [6, 6.07) is 14.8. The summed E-state index contributed by atoms with van der Waals surface area (Å²) >= 11 is 0. The normalized spacial score (nSPS) is 16.1. The minimum Gasteiger partial charge on any atom is -0.326 e. The van der Waals surface area contributed by atoms with Gasteiger partial charge in [-0.05, 0) is 23.8 Å². The first kappa shape index (κ1) is 18.9. The van der Waals surface area contributed by atoms with Crippen molar-refractivity contribution >= 4 is 23.3 Å². The van der Waals surface area contributed by atoms with E-state index in [0.29, 0.717) is 17.3 Å². The third-order valence-electron chi connectivity index (χ3n) is 4.91. The van der Waals surface area contributed by atoms with Gasteiger partial charge in [0.1, 0.15) is 5.82 Å². The number of aromatic nitrogens is 3. The number of nitrogens with one attached hydrogen (secondary N) is 2. The zero-order valence-electron chi connectivity index (χ0n) is 16.6. The molecule has 1 aromatic carbocycles. The Hall–Kier alpha value is -3.48. The number of para-hydroxylation sites is 1. The molecule has 0 saturated carbocycles. The van der Waals surface area contributed by atoms with Crippen molar-refractivity contribution in [1.29, 1.82) is 0 Å². The maximum absolute atomic E-state index is 13.2. The van der Waals surface area contributed by atoms with E-state index >= 15 is 0 Å². The molecule has 3 heterocycles. The van der Waals surface area contributed by atoms with Crippen LogP contribution in [-0.4, -0.2) is 26.6 Å². The fraction of sp³-hybridized carbons (Fsp3) is 0.273. The van der Waals surface area contributed by atoms with Crippen molar-refractivity contribution in [2.24, 2.45) is 0 Å². The van der Waals surface area contributed by atoms with E-state index in [9.17, 15) is 9.59 Å². The lowest BCUT2D eigenvalue weighted by Crippen LogP contribution is -2.31. The van der Waals surface area contributed by atoms with Gasteiger partial charge in [0.25, 0.3) is 0 Å². The Morgan fingerprint density at radius 3 is 2.66 bits per heavy atom. The standard InChI is InChI=1S/C22H23N5O2/c1-22(2,3)17-13-19(27(26-17)18-10-6-7-11-23-18)25-21(29)15-12-20(28)24-16-9-5-4-8-14(15)16/h4-11,13,15H,12H2,1-3H3,(H,24,28)(H,25,29). The summed E-state index contributed by atoms with van der Waals surface area (Å²) in [6.45, 7) is 6.18. The first-order valence-electron chi connectivity index (χ1n) is 9.54. The van der Waals surface area contributed by atoms with Crippen LogP contribution in [0.2, 0.25) is 0 Å². The fourth-order valence-electron chi connectivity index (χ4n) is 3.35. The van der Waals surface area contributed by atoms with Crippen LogP contribution in [0.5, 0.6) is 0 Å². The van der Waals surface area contributed by atoms with E-state index in [4.69, 9.17) is 0 Å². The number of carbonyl (C=O) groups excluding carboxylic acids is 2. The molecular weight excluding hydrogens is 366 g/mol. The molecule has 0 aliphatic carbocycles. The van der Waals surface area contributed by atoms with E-state index in [1.807, 2.05) is 48.5 Å². The molecule has 7 heteroatoms. The molecule has 0 fully saturated rings. The highest BCUT2D eigenvalue weighted by atomic mass is 16.2. The highest BCUT2D eigenvalue weighted by Gasteiger charge is 2.31. The Bertz CT molecular complexity index is 1070. The lowest BCUT2D eigenvalue weighted by atomic mass is 9.89. The zero-order chi connectivity index (χ0) is 20.6. The van der Waals surface area contributed by atoms with Gasteiger partial charge in [0, 0.05) is 29.8 Å². The van der Waals surface area contributed by atoms with Crippen molar-refractivity contribution in [2.45, 2.75) is 38.5 Å². The molecule has 2 aromatic heterocycles. The van der Waals surface area contributed by atoms with Gasteiger partial charge in [-0.1, -0.05) is 45.0 Å². The van der Waals surface area contributed by atoms with Crippen molar-refractivity contribution in [2.75, 3.05) is 10.6 Å². The first-order chi connectivity index (χ1) is 13.8. The number of rotatable bonds is 3. The molecule has 0 radical (unpaired) electrons. The van der Waals surface area contributed by atoms with Gasteiger partial charge in [-0.2, -0.15) is 9.78 Å². The number of anilines is 2. The van der Waals surface area contributed by atoms with Crippen LogP contribution in [0.25, 0.3) is 5.82 Å². The van der Waals surface area contributed by atoms with Crippen LogP contribution in [0.4, 0.5) is 11.5 Å². The second-order valence-corrected chi connectivity index (χ2v) is 8.15. The van der Waals surface area contributed by atoms with Gasteiger partial charge in [0.15, 0.2) is 5.82 Å². The van der Waals surface area contributed by atoms with Crippen LogP contribution in [0.3, 0.4) is 0 Å². The Balaban J connectivity index is 1.70. The number of amides is 2. The molecule has 1 atom stereocenters. The quantitative estimate of drug-likeness (QED) is 0.716. The third kappa shape index (κ3) is 3.76. The van der Waals surface area contributed by atoms with E-state index in [1.54, 1.807) is 10.9 Å². The van der Waals surface area contributed by atoms with Gasteiger partial charge in [-0.3, -0.25) is 9.59 Å². The lowest BCUT2D eigenvalue weighted by molar-refractivity contribution is -0.123. The highest BCUT2D eigenvalue weighted by Crippen LogP contribution is 2.33. The molecule has 0 bridgehead atoms. The van der Waals surface area contributed by atoms with E-state index in [1.165, 1.54) is 0 Å². The molecule has 0 saturated heterocycles. The summed E-state index contributed by atoms with van der Waals surface area (Å²) in [5.74, 6) is 0.162. The number of fused-ring (bicyclic) bond motifs is 1. The monoisotopic (exact) mass is 389 g/mol. The fourth-order valence-corrected chi connectivity index (χ4v) is 3.35. The predicted molar refractivity (Wildman–Crippen MR) is 111 cm³/mol. The Morgan fingerprint density at radius 2 is 1.93 bits per heavy atom. The van der Waals surface area contributed by atoms with E-state index < -0.39 is 5.92 Å². The van der Waals surface area contributed by atoms with Crippen molar-refractivity contribution in [3.8, 4) is 5.82 Å². The highest BCUT2D eigenvalue weighted by molar-refractivity contribution is 6.04. The summed E-state index contributed by atoms with van der Waals surface area (Å²) in [6.07, 6.45) is 1.79. The van der Waals surface area contributed by atoms with Gasteiger partial charge >= 0.3 is 0 Å². The summed E-state index contributed by atoms with van der Waals surface area (Å²) in [7, 11) is 0. The largest absolute Gasteiger partial charge is 0.326 e. The zero-order valence-corrected chi connectivity index (χ0v) is 16.6. The number of pyridine rings is 1. The number of carbonyl (C=O) groups is 2. The molecule has 4 rings (SSSR count). The van der Waals surface area contributed by atoms with Crippen LogP contribution >= 0.6 is 0 Å². The average molecular weight is 389 g/mol. The van der Waals surface area contributed by atoms with Crippen molar-refractivity contribution < 1.29 is 9.59 Å². The van der Waals surface area contributed by atoms with E-state index in [0.717, 1.165) is 11.3 Å². The molecule has 0 spiro atoms. The van der Waals surface area contributed by atoms with Crippen LogP contribution in [0.15, 0.2) is 54.7 Å². The lowest BCUT2D eigenvalue weighted by Gasteiger charge is -2.24. The number of nitrogens with zero attached hydrogens (tertiary/aromatic N) is 3. The van der Waals surface area contributed by atoms with Crippen molar-refractivity contribution in [1.82, 2.24) is 14.8 Å². The van der Waals surface area contributed by atoms with Gasteiger partial charge < -0.3 is 10.6 Å². The summed E-state index contributed by atoms with van der Waals surface area (Å²) in [5.41, 5.74) is 2.12. The minimum atomic E-state index is -0.565. The Kier molecular flexibility index (Phi) is 4.66. The van der Waals surface area contributed by atoms with E-state index in [2.05, 4.69) is 41.5 Å². The molecule has 2 N–H and O–H groups in total. The maximum Gasteiger partial charge on any atom is 0.233 e. The number of benzene rings is 1. The smallest absolute Gasteiger partial charge is 0.233 e. The molecule has 1 aliphatic rings. The van der Waals surface area contributed by atoms with Gasteiger partial charge in [0.05, 0.1) is 11.6 Å². The van der Waals surface area contributed by atoms with Crippen LogP contribution in [0, 0.1) is 0 Å². The number of hydrogen-bond donors (Lipinski definition) is 2. The second-order valence-electron chi connectivity index (χ2n) is 8.15. The van der Waals surface area contributed by atoms with Crippen LogP contribution in [0.1, 0.15) is 44.4 Å². The number of hydrogen-bond acceptors (Lipinski definition) is 4. The molecular formula is C22H23N5O2. The molecule has 1 unspecified atom stereocenters. The predicted octanol–water partition coefficient (Wildman–Crippen LogP) is 3.63. The molecule has 3 aromatic rings. The van der Waals surface area contributed by atoms with Crippen molar-refractivity contribution in [3.63, 3.8) is 0 Å². The molecule has 1 aliphatic heterocycles. The summed E-state index contributed by atoms with van der Waals surface area (Å²) in [4.78, 5) is 29.6. The van der Waals surface area contributed by atoms with Crippen LogP contribution < -0.4 is 10.6 Å². The molecule has 7 nitrogen and oxygen atoms in total. The summed E-state index contributed by atoms with van der Waals surface area (Å²) in [5, 5.41) is 10.5. The maximum atomic E-state index is 13.2. The minimum absolute atomic E-state index is 0.104. The Morgan fingerprint density at radius 1 is 1.17 bits per heavy atom. The van der Waals surface area contributed by atoms with Crippen LogP contribution in [-0.2, 0) is 15.0 Å². The van der Waals surface area contributed by atoms with Gasteiger partial charge in [-0.25, -0.2) is 4.98 Å². The first-order valence-corrected chi connectivity index (χ1v) is 9.54. The SMILES string of the molecule is CC(C)(C)c1cc(NC(=O)C2CC(=O)Nc3ccccc32)n(-c2ccccn2)n1. The third-order valence-corrected chi connectivity index (χ3v) is 4.91. The average Bonchev–Trinajstić information content (AvgIpc) is 3.12. The van der Waals surface area contributed by atoms with Gasteiger partial charge in [-0.15, -0.1) is 0 Å². The summed E-state index contributed by atoms with van der Waals surface area (Å²) < 4.78 is 1.63. The Labute approximate surface area is 169 Å². The van der Waals surface area contributed by atoms with Crippen molar-refractivity contribution in [3.05, 3.63) is 66.0 Å². The molecule has 29 heavy (non-hydrogen) atoms. The second kappa shape index (κ2) is 7.16. The van der Waals surface area contributed by atoms with Gasteiger partial charge in [0.2, 0.25) is 11.8 Å². The topological polar surface area (TPSA) is 88.9 Å². The molecule has 2 amide bonds. The van der Waals surface area contributed by atoms with E-state index in [-0.39, 0.29) is 23.7 Å².